The summed E-state index contributed by atoms with van der Waals surface area (Å²) in [6, 6.07) is 4.29. The van der Waals surface area contributed by atoms with Gasteiger partial charge in [0.1, 0.15) is 0 Å². The molecule has 0 aliphatic carbocycles. The Kier molecular flexibility index (Phi) is 5.83. The Hall–Kier alpha value is -1.56. The van der Waals surface area contributed by atoms with Gasteiger partial charge in [-0.25, -0.2) is 4.79 Å². The van der Waals surface area contributed by atoms with Crippen molar-refractivity contribution in [3.8, 4) is 0 Å². The number of amides is 3. The molecule has 22 heavy (non-hydrogen) atoms. The average molecular weight is 323 g/mol. The molecule has 1 fully saturated rings. The average Bonchev–Trinajstić information content (AvgIpc) is 2.83. The number of carbonyl (C=O) groups excluding carboxylic acids is 2. The van der Waals surface area contributed by atoms with Crippen molar-refractivity contribution in [1.29, 1.82) is 0 Å². The van der Waals surface area contributed by atoms with Crippen LogP contribution in [0.2, 0.25) is 0 Å². The fraction of sp³-hybridized carbons (Fsp3) is 0.625. The number of nitrogens with one attached hydrogen (secondary N) is 1. The first-order valence-electron chi connectivity index (χ1n) is 7.83. The molecule has 2 heterocycles. The lowest BCUT2D eigenvalue weighted by molar-refractivity contribution is -0.119. The molecule has 2 atom stereocenters. The largest absolute Gasteiger partial charge is 0.370 e. The van der Waals surface area contributed by atoms with Crippen LogP contribution >= 0.6 is 11.3 Å². The first-order chi connectivity index (χ1) is 10.4. The first-order valence-corrected chi connectivity index (χ1v) is 8.64. The third-order valence-electron chi connectivity index (χ3n) is 3.97. The van der Waals surface area contributed by atoms with E-state index in [-0.39, 0.29) is 23.9 Å². The molecule has 0 aromatic carbocycles. The van der Waals surface area contributed by atoms with Gasteiger partial charge in [-0.3, -0.25) is 4.79 Å². The van der Waals surface area contributed by atoms with Gasteiger partial charge in [-0.1, -0.05) is 0 Å². The van der Waals surface area contributed by atoms with Crippen LogP contribution in [0.25, 0.3) is 0 Å². The van der Waals surface area contributed by atoms with Crippen molar-refractivity contribution in [3.05, 3.63) is 21.9 Å². The number of nitrogens with two attached hydrogens (primary N) is 1. The topological polar surface area (TPSA) is 75.4 Å². The number of likely N-dealkylation sites (tertiary alicyclic amines) is 1. The monoisotopic (exact) mass is 323 g/mol. The van der Waals surface area contributed by atoms with Crippen molar-refractivity contribution in [1.82, 2.24) is 10.2 Å². The lowest BCUT2D eigenvalue weighted by Crippen LogP contribution is -2.48. The molecule has 6 heteroatoms. The Balaban J connectivity index is 1.81. The van der Waals surface area contributed by atoms with Crippen LogP contribution in [0.3, 0.4) is 0 Å². The molecule has 1 aliphatic rings. The molecule has 0 unspecified atom stereocenters. The molecule has 122 valence electrons. The van der Waals surface area contributed by atoms with Crippen molar-refractivity contribution < 1.29 is 9.59 Å². The second-order valence-electron chi connectivity index (χ2n) is 6.19. The van der Waals surface area contributed by atoms with Crippen molar-refractivity contribution in [2.24, 2.45) is 11.7 Å². The van der Waals surface area contributed by atoms with Crippen LogP contribution in [0, 0.1) is 12.8 Å². The lowest BCUT2D eigenvalue weighted by Gasteiger charge is -2.33. The highest BCUT2D eigenvalue weighted by atomic mass is 32.1. The summed E-state index contributed by atoms with van der Waals surface area (Å²) in [5.41, 5.74) is 5.26. The highest BCUT2D eigenvalue weighted by Crippen LogP contribution is 2.20. The molecule has 3 N–H and O–H groups in total. The SMILES string of the molecule is Cc1ccc(C[C@@H](C)NC(=O)N2CCC[C@H](CC(N)=O)C2)s1. The minimum Gasteiger partial charge on any atom is -0.370 e. The van der Waals surface area contributed by atoms with Gasteiger partial charge in [-0.2, -0.15) is 0 Å². The van der Waals surface area contributed by atoms with E-state index in [0.717, 1.165) is 25.8 Å². The maximum Gasteiger partial charge on any atom is 0.317 e. The van der Waals surface area contributed by atoms with Gasteiger partial charge < -0.3 is 16.0 Å². The normalized spacial score (nSPS) is 19.7. The number of primary amides is 1. The predicted octanol–water partition coefficient (Wildman–Crippen LogP) is 2.28. The fourth-order valence-corrected chi connectivity index (χ4v) is 3.97. The van der Waals surface area contributed by atoms with Gasteiger partial charge in [0.05, 0.1) is 0 Å². The van der Waals surface area contributed by atoms with Crippen LogP contribution in [-0.4, -0.2) is 36.0 Å². The molecule has 1 saturated heterocycles. The number of piperidine rings is 1. The second kappa shape index (κ2) is 7.63. The number of hydrogen-bond donors (Lipinski definition) is 2. The quantitative estimate of drug-likeness (QED) is 0.872. The predicted molar refractivity (Wildman–Crippen MR) is 88.9 cm³/mol. The molecular weight excluding hydrogens is 298 g/mol. The third-order valence-corrected chi connectivity index (χ3v) is 4.99. The molecule has 3 amide bonds. The smallest absolute Gasteiger partial charge is 0.317 e. The summed E-state index contributed by atoms with van der Waals surface area (Å²) >= 11 is 1.77. The molecule has 0 saturated carbocycles. The van der Waals surface area contributed by atoms with Crippen molar-refractivity contribution >= 4 is 23.3 Å². The van der Waals surface area contributed by atoms with Crippen LogP contribution in [0.1, 0.15) is 35.9 Å². The summed E-state index contributed by atoms with van der Waals surface area (Å²) in [4.78, 5) is 27.8. The number of urea groups is 1. The van der Waals surface area contributed by atoms with Gasteiger partial charge in [0.15, 0.2) is 0 Å². The lowest BCUT2D eigenvalue weighted by atomic mass is 9.95. The highest BCUT2D eigenvalue weighted by Gasteiger charge is 2.25. The Morgan fingerprint density at radius 3 is 2.91 bits per heavy atom. The zero-order chi connectivity index (χ0) is 16.1. The molecular formula is C16H25N3O2S. The van der Waals surface area contributed by atoms with Gasteiger partial charge in [-0.05, 0) is 44.7 Å². The van der Waals surface area contributed by atoms with E-state index in [1.54, 1.807) is 11.3 Å². The molecule has 1 aromatic heterocycles. The molecule has 2 rings (SSSR count). The van der Waals surface area contributed by atoms with E-state index >= 15 is 0 Å². The minimum atomic E-state index is -0.284. The molecule has 0 spiro atoms. The Bertz CT molecular complexity index is 529. The molecule has 0 radical (unpaired) electrons. The highest BCUT2D eigenvalue weighted by molar-refractivity contribution is 7.11. The van der Waals surface area contributed by atoms with Gasteiger partial charge in [0.25, 0.3) is 0 Å². The zero-order valence-electron chi connectivity index (χ0n) is 13.3. The molecule has 1 aliphatic heterocycles. The maximum absolute atomic E-state index is 12.3. The van der Waals surface area contributed by atoms with Crippen molar-refractivity contribution in [2.45, 2.75) is 45.6 Å². The number of carbonyl (C=O) groups is 2. The standard InChI is InChI=1S/C16H25N3O2S/c1-11(8-14-6-5-12(2)22-14)18-16(21)19-7-3-4-13(10-19)9-15(17)20/h5-6,11,13H,3-4,7-10H2,1-2H3,(H2,17,20)(H,18,21)/t11-,13-/m1/s1. The van der Waals surface area contributed by atoms with Crippen LogP contribution in [0.5, 0.6) is 0 Å². The van der Waals surface area contributed by atoms with Gasteiger partial charge in [0, 0.05) is 41.7 Å². The summed E-state index contributed by atoms with van der Waals surface area (Å²) in [6.45, 7) is 5.49. The van der Waals surface area contributed by atoms with Crippen molar-refractivity contribution in [2.75, 3.05) is 13.1 Å². The number of thiophene rings is 1. The summed E-state index contributed by atoms with van der Waals surface area (Å²) in [5.74, 6) is -0.0825. The number of rotatable bonds is 5. The molecule has 0 bridgehead atoms. The van der Waals surface area contributed by atoms with E-state index in [0.29, 0.717) is 13.0 Å². The summed E-state index contributed by atoms with van der Waals surface area (Å²) < 4.78 is 0. The van der Waals surface area contributed by atoms with Gasteiger partial charge in [0.2, 0.25) is 5.91 Å². The Morgan fingerprint density at radius 1 is 1.50 bits per heavy atom. The van der Waals surface area contributed by atoms with Crippen LogP contribution in [0.15, 0.2) is 12.1 Å². The van der Waals surface area contributed by atoms with E-state index in [1.165, 1.54) is 9.75 Å². The second-order valence-corrected chi connectivity index (χ2v) is 7.56. The summed E-state index contributed by atoms with van der Waals surface area (Å²) in [7, 11) is 0. The van der Waals surface area contributed by atoms with E-state index in [1.807, 2.05) is 11.8 Å². The van der Waals surface area contributed by atoms with E-state index in [9.17, 15) is 9.59 Å². The summed E-state index contributed by atoms with van der Waals surface area (Å²) in [6.07, 6.45) is 3.12. The van der Waals surface area contributed by atoms with E-state index < -0.39 is 0 Å². The van der Waals surface area contributed by atoms with E-state index in [2.05, 4.69) is 24.4 Å². The minimum absolute atomic E-state index is 0.0325. The molecule has 1 aromatic rings. The Labute approximate surface area is 135 Å². The Morgan fingerprint density at radius 2 is 2.27 bits per heavy atom. The number of hydrogen-bond acceptors (Lipinski definition) is 3. The van der Waals surface area contributed by atoms with Crippen molar-refractivity contribution in [3.63, 3.8) is 0 Å². The first kappa shape index (κ1) is 16.8. The van der Waals surface area contributed by atoms with E-state index in [4.69, 9.17) is 5.73 Å². The number of aryl methyl sites for hydroxylation is 1. The van der Waals surface area contributed by atoms with Crippen LogP contribution in [-0.2, 0) is 11.2 Å². The summed E-state index contributed by atoms with van der Waals surface area (Å²) in [5, 5.41) is 3.06. The number of nitrogens with zero attached hydrogens (tertiary/aromatic N) is 1. The van der Waals surface area contributed by atoms with Gasteiger partial charge >= 0.3 is 6.03 Å². The zero-order valence-corrected chi connectivity index (χ0v) is 14.1. The third kappa shape index (κ3) is 5.02. The fourth-order valence-electron chi connectivity index (χ4n) is 2.95. The van der Waals surface area contributed by atoms with Gasteiger partial charge in [-0.15, -0.1) is 11.3 Å². The maximum atomic E-state index is 12.3. The van der Waals surface area contributed by atoms with Crippen LogP contribution in [0.4, 0.5) is 4.79 Å². The molecule has 5 nitrogen and oxygen atoms in total. The van der Waals surface area contributed by atoms with Crippen LogP contribution < -0.4 is 11.1 Å².